The molecule has 0 aliphatic heterocycles. The van der Waals surface area contributed by atoms with Crippen LogP contribution in [0.25, 0.3) is 0 Å². The number of aryl methyl sites for hydroxylation is 2. The van der Waals surface area contributed by atoms with Crippen molar-refractivity contribution in [3.8, 4) is 5.88 Å². The van der Waals surface area contributed by atoms with Gasteiger partial charge in [0.15, 0.2) is 0 Å². The van der Waals surface area contributed by atoms with E-state index in [9.17, 15) is 8.42 Å². The highest BCUT2D eigenvalue weighted by Crippen LogP contribution is 2.18. The maximum atomic E-state index is 11.8. The van der Waals surface area contributed by atoms with Crippen LogP contribution in [0.1, 0.15) is 11.3 Å². The summed E-state index contributed by atoms with van der Waals surface area (Å²) in [4.78, 5) is 0.0868. The Morgan fingerprint density at radius 2 is 1.82 bits per heavy atom. The molecule has 1 aromatic heterocycles. The fraction of sp³-hybridized carbons (Fsp3) is 0.182. The number of rotatable bonds is 3. The first-order valence-electron chi connectivity index (χ1n) is 4.92. The minimum atomic E-state index is -3.84. The fourth-order valence-electron chi connectivity index (χ4n) is 1.25. The Morgan fingerprint density at radius 1 is 1.18 bits per heavy atom. The molecule has 0 N–H and O–H groups in total. The van der Waals surface area contributed by atoms with Crippen molar-refractivity contribution in [2.75, 3.05) is 0 Å². The van der Waals surface area contributed by atoms with Gasteiger partial charge in [-0.15, -0.1) is 0 Å². The molecule has 0 aliphatic rings. The molecule has 0 saturated carbocycles. The molecule has 0 saturated heterocycles. The average Bonchev–Trinajstić information content (AvgIpc) is 2.63. The van der Waals surface area contributed by atoms with Crippen molar-refractivity contribution in [1.82, 2.24) is 5.16 Å². The van der Waals surface area contributed by atoms with E-state index in [0.717, 1.165) is 5.56 Å². The summed E-state index contributed by atoms with van der Waals surface area (Å²) in [5.74, 6) is 0.419. The Labute approximate surface area is 99.1 Å². The zero-order valence-electron chi connectivity index (χ0n) is 9.38. The molecule has 0 atom stereocenters. The van der Waals surface area contributed by atoms with Gasteiger partial charge in [-0.25, -0.2) is 0 Å². The third-order valence-corrected chi connectivity index (χ3v) is 3.35. The van der Waals surface area contributed by atoms with Crippen molar-refractivity contribution in [2.45, 2.75) is 18.7 Å². The van der Waals surface area contributed by atoms with E-state index in [4.69, 9.17) is 8.71 Å². The normalized spacial score (nSPS) is 11.4. The van der Waals surface area contributed by atoms with Crippen LogP contribution in [-0.2, 0) is 10.1 Å². The highest BCUT2D eigenvalue weighted by molar-refractivity contribution is 7.87. The molecule has 1 aromatic carbocycles. The van der Waals surface area contributed by atoms with E-state index < -0.39 is 10.1 Å². The van der Waals surface area contributed by atoms with Crippen LogP contribution < -0.4 is 4.18 Å². The van der Waals surface area contributed by atoms with Crippen molar-refractivity contribution in [1.29, 1.82) is 0 Å². The standard InChI is InChI=1S/C11H11NO4S/c1-8-3-5-10(6-4-8)17(13,14)16-11-7-9(2)15-12-11/h3-7H,1-2H3. The molecule has 0 bridgehead atoms. The zero-order chi connectivity index (χ0) is 12.5. The van der Waals surface area contributed by atoms with Gasteiger partial charge in [-0.1, -0.05) is 17.7 Å². The van der Waals surface area contributed by atoms with E-state index in [1.165, 1.54) is 18.2 Å². The van der Waals surface area contributed by atoms with Crippen LogP contribution in [0.2, 0.25) is 0 Å². The highest BCUT2D eigenvalue weighted by atomic mass is 32.2. The topological polar surface area (TPSA) is 69.4 Å². The maximum absolute atomic E-state index is 11.8. The maximum Gasteiger partial charge on any atom is 0.340 e. The van der Waals surface area contributed by atoms with Gasteiger partial charge in [0.1, 0.15) is 10.7 Å². The zero-order valence-corrected chi connectivity index (χ0v) is 10.2. The molecular formula is C11H11NO4S. The lowest BCUT2D eigenvalue weighted by Gasteiger charge is -2.03. The van der Waals surface area contributed by atoms with Crippen LogP contribution in [0, 0.1) is 13.8 Å². The molecule has 0 spiro atoms. The Morgan fingerprint density at radius 3 is 2.35 bits per heavy atom. The number of aromatic nitrogens is 1. The molecule has 5 nitrogen and oxygen atoms in total. The van der Waals surface area contributed by atoms with E-state index in [0.29, 0.717) is 5.76 Å². The molecule has 0 fully saturated rings. The summed E-state index contributed by atoms with van der Waals surface area (Å²) < 4.78 is 33.2. The fourth-order valence-corrected chi connectivity index (χ4v) is 2.12. The third-order valence-electron chi connectivity index (χ3n) is 2.11. The largest absolute Gasteiger partial charge is 0.358 e. The van der Waals surface area contributed by atoms with Crippen molar-refractivity contribution in [3.63, 3.8) is 0 Å². The van der Waals surface area contributed by atoms with E-state index in [1.807, 2.05) is 6.92 Å². The number of benzene rings is 1. The summed E-state index contributed by atoms with van der Waals surface area (Å²) >= 11 is 0. The summed E-state index contributed by atoms with van der Waals surface area (Å²) in [6.07, 6.45) is 0. The van der Waals surface area contributed by atoms with Gasteiger partial charge in [0.05, 0.1) is 0 Å². The van der Waals surface area contributed by atoms with Crippen molar-refractivity contribution in [3.05, 3.63) is 41.7 Å². The summed E-state index contributed by atoms with van der Waals surface area (Å²) in [5.41, 5.74) is 0.973. The van der Waals surface area contributed by atoms with E-state index in [-0.39, 0.29) is 10.8 Å². The first-order chi connectivity index (χ1) is 7.97. The Hall–Kier alpha value is -1.82. The second kappa shape index (κ2) is 4.21. The lowest BCUT2D eigenvalue weighted by atomic mass is 10.2. The van der Waals surface area contributed by atoms with E-state index in [2.05, 4.69) is 5.16 Å². The van der Waals surface area contributed by atoms with Gasteiger partial charge in [0.25, 0.3) is 5.88 Å². The quantitative estimate of drug-likeness (QED) is 0.783. The van der Waals surface area contributed by atoms with E-state index >= 15 is 0 Å². The summed E-state index contributed by atoms with van der Waals surface area (Å²) in [6.45, 7) is 3.52. The number of nitrogens with zero attached hydrogens (tertiary/aromatic N) is 1. The van der Waals surface area contributed by atoms with Crippen LogP contribution >= 0.6 is 0 Å². The Kier molecular flexibility index (Phi) is 2.89. The molecule has 0 amide bonds. The van der Waals surface area contributed by atoms with Crippen molar-refractivity contribution >= 4 is 10.1 Å². The SMILES string of the molecule is Cc1ccc(S(=O)(=O)Oc2cc(C)on2)cc1. The molecule has 0 unspecified atom stereocenters. The van der Waals surface area contributed by atoms with Crippen LogP contribution in [0.15, 0.2) is 39.8 Å². The predicted molar refractivity (Wildman–Crippen MR) is 60.2 cm³/mol. The van der Waals surface area contributed by atoms with Gasteiger partial charge in [-0.3, -0.25) is 0 Å². The second-order valence-electron chi connectivity index (χ2n) is 3.63. The number of hydrogen-bond donors (Lipinski definition) is 0. The molecule has 6 heteroatoms. The van der Waals surface area contributed by atoms with Crippen molar-refractivity contribution in [2.24, 2.45) is 0 Å². The molecule has 0 radical (unpaired) electrons. The van der Waals surface area contributed by atoms with Gasteiger partial charge >= 0.3 is 10.1 Å². The van der Waals surface area contributed by atoms with Gasteiger partial charge in [-0.05, 0) is 31.1 Å². The molecule has 2 aromatic rings. The summed E-state index contributed by atoms with van der Waals surface area (Å²) in [7, 11) is -3.84. The Bertz CT molecular complexity index is 613. The molecule has 0 aliphatic carbocycles. The monoisotopic (exact) mass is 253 g/mol. The van der Waals surface area contributed by atoms with Crippen LogP contribution in [0.5, 0.6) is 5.88 Å². The predicted octanol–water partition coefficient (Wildman–Crippen LogP) is 2.06. The summed E-state index contributed by atoms with van der Waals surface area (Å²) in [5, 5.41) is 3.47. The minimum Gasteiger partial charge on any atom is -0.358 e. The van der Waals surface area contributed by atoms with Gasteiger partial charge in [-0.2, -0.15) is 8.42 Å². The molecular weight excluding hydrogens is 242 g/mol. The van der Waals surface area contributed by atoms with Crippen LogP contribution in [0.4, 0.5) is 0 Å². The lowest BCUT2D eigenvalue weighted by molar-refractivity contribution is 0.368. The molecule has 2 rings (SSSR count). The first kappa shape index (κ1) is 11.7. The van der Waals surface area contributed by atoms with Crippen LogP contribution in [-0.4, -0.2) is 13.6 Å². The smallest absolute Gasteiger partial charge is 0.340 e. The first-order valence-corrected chi connectivity index (χ1v) is 6.33. The minimum absolute atomic E-state index is 0.0666. The number of hydrogen-bond acceptors (Lipinski definition) is 5. The lowest BCUT2D eigenvalue weighted by Crippen LogP contribution is -2.09. The summed E-state index contributed by atoms with van der Waals surface area (Å²) in [6, 6.07) is 7.77. The molecule has 90 valence electrons. The average molecular weight is 253 g/mol. The van der Waals surface area contributed by atoms with E-state index in [1.54, 1.807) is 19.1 Å². The highest BCUT2D eigenvalue weighted by Gasteiger charge is 2.18. The van der Waals surface area contributed by atoms with Crippen LogP contribution in [0.3, 0.4) is 0 Å². The van der Waals surface area contributed by atoms with Gasteiger partial charge in [0.2, 0.25) is 0 Å². The molecule has 17 heavy (non-hydrogen) atoms. The Balaban J connectivity index is 2.28. The second-order valence-corrected chi connectivity index (χ2v) is 5.17. The van der Waals surface area contributed by atoms with Crippen molar-refractivity contribution < 1.29 is 17.1 Å². The van der Waals surface area contributed by atoms with Gasteiger partial charge < -0.3 is 8.71 Å². The van der Waals surface area contributed by atoms with Gasteiger partial charge in [0, 0.05) is 6.07 Å². The third kappa shape index (κ3) is 2.65. The molecule has 1 heterocycles.